The summed E-state index contributed by atoms with van der Waals surface area (Å²) in [4.78, 5) is 0. The van der Waals surface area contributed by atoms with Crippen molar-refractivity contribution in [2.24, 2.45) is 0 Å². The maximum absolute atomic E-state index is 5.79. The predicted molar refractivity (Wildman–Crippen MR) is 58.2 cm³/mol. The molecule has 1 aliphatic rings. The van der Waals surface area contributed by atoms with Crippen LogP contribution in [0.3, 0.4) is 0 Å². The Labute approximate surface area is 86.1 Å². The van der Waals surface area contributed by atoms with E-state index < -0.39 is 0 Å². The second kappa shape index (κ2) is 3.74. The summed E-state index contributed by atoms with van der Waals surface area (Å²) < 4.78 is 5.79. The number of unbranched alkanes of at least 4 members (excludes halogenated alkanes) is 1. The third-order valence-electron chi connectivity index (χ3n) is 3.11. The Bertz CT molecular complexity index is 293. The van der Waals surface area contributed by atoms with Gasteiger partial charge in [-0.05, 0) is 18.9 Å². The zero-order chi connectivity index (χ0) is 10.0. The second-order valence-electron chi connectivity index (χ2n) is 4.22. The Kier molecular flexibility index (Phi) is 2.60. The molecular formula is C13H18O. The standard InChI is InChI=1S/C13H18O/c1-3-4-10-12-13(2,14-12)11-8-6-5-7-9-11/h5-9,12H,3-4,10H2,1-2H3/t12-,13+/m1/s1. The normalized spacial score (nSPS) is 30.3. The predicted octanol–water partition coefficient (Wildman–Crippen LogP) is 3.49. The van der Waals surface area contributed by atoms with Crippen LogP contribution in [0.5, 0.6) is 0 Å². The lowest BCUT2D eigenvalue weighted by Gasteiger charge is -2.05. The van der Waals surface area contributed by atoms with Gasteiger partial charge in [0.05, 0.1) is 6.10 Å². The van der Waals surface area contributed by atoms with Crippen LogP contribution in [0.25, 0.3) is 0 Å². The summed E-state index contributed by atoms with van der Waals surface area (Å²) in [7, 11) is 0. The van der Waals surface area contributed by atoms with Gasteiger partial charge in [0.25, 0.3) is 0 Å². The lowest BCUT2D eigenvalue weighted by atomic mass is 9.95. The molecule has 0 saturated carbocycles. The molecule has 14 heavy (non-hydrogen) atoms. The van der Waals surface area contributed by atoms with Crippen molar-refractivity contribution in [3.63, 3.8) is 0 Å². The second-order valence-corrected chi connectivity index (χ2v) is 4.22. The molecule has 0 radical (unpaired) electrons. The van der Waals surface area contributed by atoms with Gasteiger partial charge >= 0.3 is 0 Å². The summed E-state index contributed by atoms with van der Waals surface area (Å²) in [5.74, 6) is 0. The molecule has 76 valence electrons. The highest BCUT2D eigenvalue weighted by Crippen LogP contribution is 2.47. The summed E-state index contributed by atoms with van der Waals surface area (Å²) in [6.07, 6.45) is 4.17. The zero-order valence-corrected chi connectivity index (χ0v) is 8.99. The third kappa shape index (κ3) is 1.69. The maximum Gasteiger partial charge on any atom is 0.117 e. The van der Waals surface area contributed by atoms with Gasteiger partial charge < -0.3 is 4.74 Å². The number of rotatable bonds is 4. The highest BCUT2D eigenvalue weighted by molar-refractivity contribution is 5.27. The van der Waals surface area contributed by atoms with Gasteiger partial charge in [0.2, 0.25) is 0 Å². The number of epoxide rings is 1. The van der Waals surface area contributed by atoms with Crippen molar-refractivity contribution in [1.29, 1.82) is 0 Å². The molecule has 1 aromatic rings. The largest absolute Gasteiger partial charge is 0.361 e. The molecule has 0 aromatic heterocycles. The lowest BCUT2D eigenvalue weighted by molar-refractivity contribution is 0.308. The first-order chi connectivity index (χ1) is 6.77. The SMILES string of the molecule is CCCC[C@H]1O[C@@]1(C)c1ccccc1. The summed E-state index contributed by atoms with van der Waals surface area (Å²) >= 11 is 0. The van der Waals surface area contributed by atoms with Crippen molar-refractivity contribution in [3.05, 3.63) is 35.9 Å². The van der Waals surface area contributed by atoms with E-state index in [4.69, 9.17) is 4.74 Å². The summed E-state index contributed by atoms with van der Waals surface area (Å²) in [5, 5.41) is 0. The molecule has 1 fully saturated rings. The van der Waals surface area contributed by atoms with Crippen LogP contribution in [0, 0.1) is 0 Å². The smallest absolute Gasteiger partial charge is 0.117 e. The van der Waals surface area contributed by atoms with Gasteiger partial charge in [0, 0.05) is 0 Å². The molecule has 0 bridgehead atoms. The van der Waals surface area contributed by atoms with Crippen LogP contribution in [0.1, 0.15) is 38.7 Å². The minimum atomic E-state index is 0.0103. The highest BCUT2D eigenvalue weighted by atomic mass is 16.6. The number of hydrogen-bond acceptors (Lipinski definition) is 1. The Hall–Kier alpha value is -0.820. The van der Waals surface area contributed by atoms with E-state index in [1.54, 1.807) is 0 Å². The van der Waals surface area contributed by atoms with Crippen LogP contribution in [0.4, 0.5) is 0 Å². The van der Waals surface area contributed by atoms with Crippen LogP contribution in [0.2, 0.25) is 0 Å². The fraction of sp³-hybridized carbons (Fsp3) is 0.538. The van der Waals surface area contributed by atoms with Gasteiger partial charge in [-0.1, -0.05) is 50.1 Å². The van der Waals surface area contributed by atoms with Crippen LogP contribution < -0.4 is 0 Å². The van der Waals surface area contributed by atoms with Gasteiger partial charge in [0.15, 0.2) is 0 Å². The lowest BCUT2D eigenvalue weighted by Crippen LogP contribution is -2.07. The van der Waals surface area contributed by atoms with E-state index >= 15 is 0 Å². The van der Waals surface area contributed by atoms with E-state index in [-0.39, 0.29) is 5.60 Å². The van der Waals surface area contributed by atoms with Crippen LogP contribution in [-0.4, -0.2) is 6.10 Å². The highest BCUT2D eigenvalue weighted by Gasteiger charge is 2.52. The molecule has 2 atom stereocenters. The minimum Gasteiger partial charge on any atom is -0.361 e. The molecule has 1 aliphatic heterocycles. The molecule has 0 spiro atoms. The molecule has 0 N–H and O–H groups in total. The van der Waals surface area contributed by atoms with Gasteiger partial charge in [-0.15, -0.1) is 0 Å². The van der Waals surface area contributed by atoms with Gasteiger partial charge in [0.1, 0.15) is 5.60 Å². The van der Waals surface area contributed by atoms with E-state index in [2.05, 4.69) is 44.2 Å². The molecule has 2 rings (SSSR count). The average molecular weight is 190 g/mol. The first-order valence-corrected chi connectivity index (χ1v) is 5.50. The van der Waals surface area contributed by atoms with E-state index in [0.717, 1.165) is 0 Å². The quantitative estimate of drug-likeness (QED) is 0.662. The fourth-order valence-corrected chi connectivity index (χ4v) is 2.01. The Morgan fingerprint density at radius 3 is 2.64 bits per heavy atom. The zero-order valence-electron chi connectivity index (χ0n) is 8.99. The third-order valence-corrected chi connectivity index (χ3v) is 3.11. The molecule has 1 nitrogen and oxygen atoms in total. The molecule has 0 unspecified atom stereocenters. The minimum absolute atomic E-state index is 0.0103. The summed E-state index contributed by atoms with van der Waals surface area (Å²) in [6, 6.07) is 10.5. The average Bonchev–Trinajstić information content (AvgIpc) is 2.90. The van der Waals surface area contributed by atoms with E-state index in [9.17, 15) is 0 Å². The first kappa shape index (κ1) is 9.72. The topological polar surface area (TPSA) is 12.5 Å². The van der Waals surface area contributed by atoms with E-state index in [1.165, 1.54) is 24.8 Å². The van der Waals surface area contributed by atoms with Crippen molar-refractivity contribution in [2.75, 3.05) is 0 Å². The molecule has 1 heterocycles. The Morgan fingerprint density at radius 2 is 2.00 bits per heavy atom. The fourth-order valence-electron chi connectivity index (χ4n) is 2.01. The molecule has 1 saturated heterocycles. The number of hydrogen-bond donors (Lipinski definition) is 0. The molecule has 1 aromatic carbocycles. The molecule has 1 heteroatoms. The van der Waals surface area contributed by atoms with E-state index in [1.807, 2.05) is 0 Å². The van der Waals surface area contributed by atoms with Crippen LogP contribution in [0.15, 0.2) is 30.3 Å². The van der Waals surface area contributed by atoms with Gasteiger partial charge in [-0.2, -0.15) is 0 Å². The molecule has 0 amide bonds. The van der Waals surface area contributed by atoms with Crippen molar-refractivity contribution in [3.8, 4) is 0 Å². The number of ether oxygens (including phenoxy) is 1. The van der Waals surface area contributed by atoms with Gasteiger partial charge in [-0.25, -0.2) is 0 Å². The van der Waals surface area contributed by atoms with Gasteiger partial charge in [-0.3, -0.25) is 0 Å². The van der Waals surface area contributed by atoms with Crippen LogP contribution >= 0.6 is 0 Å². The maximum atomic E-state index is 5.79. The summed E-state index contributed by atoms with van der Waals surface area (Å²) in [6.45, 7) is 4.42. The first-order valence-electron chi connectivity index (χ1n) is 5.50. The monoisotopic (exact) mass is 190 g/mol. The Morgan fingerprint density at radius 1 is 1.29 bits per heavy atom. The van der Waals surface area contributed by atoms with Crippen molar-refractivity contribution < 1.29 is 4.74 Å². The molecular weight excluding hydrogens is 172 g/mol. The van der Waals surface area contributed by atoms with Crippen molar-refractivity contribution in [1.82, 2.24) is 0 Å². The van der Waals surface area contributed by atoms with Crippen molar-refractivity contribution >= 4 is 0 Å². The van der Waals surface area contributed by atoms with Crippen LogP contribution in [-0.2, 0) is 10.3 Å². The number of benzene rings is 1. The van der Waals surface area contributed by atoms with Crippen molar-refractivity contribution in [2.45, 2.75) is 44.8 Å². The molecule has 0 aliphatic carbocycles. The summed E-state index contributed by atoms with van der Waals surface area (Å²) in [5.41, 5.74) is 1.33. The Balaban J connectivity index is 2.00. The van der Waals surface area contributed by atoms with E-state index in [0.29, 0.717) is 6.10 Å².